The average molecular weight is 216 g/mol. The summed E-state index contributed by atoms with van der Waals surface area (Å²) in [7, 11) is 0. The maximum atomic E-state index is 10.6. The van der Waals surface area contributed by atoms with E-state index in [0.717, 1.165) is 5.69 Å². The molecule has 1 N–H and O–H groups in total. The minimum atomic E-state index is -0.435. The third-order valence-electron chi connectivity index (χ3n) is 1.93. The summed E-state index contributed by atoms with van der Waals surface area (Å²) in [4.78, 5) is 10.1. The van der Waals surface area contributed by atoms with Crippen molar-refractivity contribution in [2.45, 2.75) is 0 Å². The Morgan fingerprint density at radius 2 is 2.06 bits per heavy atom. The van der Waals surface area contributed by atoms with Crippen LogP contribution in [0.3, 0.4) is 0 Å². The molecule has 6 nitrogen and oxygen atoms in total. The van der Waals surface area contributed by atoms with Gasteiger partial charge in [-0.05, 0) is 12.1 Å². The summed E-state index contributed by atoms with van der Waals surface area (Å²) in [5, 5.41) is 20.9. The van der Waals surface area contributed by atoms with Crippen LogP contribution in [0.4, 0.5) is 17.1 Å². The molecule has 0 spiro atoms. The smallest absolute Gasteiger partial charge is 0.271 e. The van der Waals surface area contributed by atoms with Crippen LogP contribution in [0.15, 0.2) is 42.7 Å². The number of aromatic nitrogens is 2. The van der Waals surface area contributed by atoms with Crippen LogP contribution >= 0.6 is 0 Å². The minimum Gasteiger partial charge on any atom is -0.354 e. The Hall–Kier alpha value is -2.50. The van der Waals surface area contributed by atoms with Crippen LogP contribution in [0.25, 0.3) is 0 Å². The van der Waals surface area contributed by atoms with Gasteiger partial charge in [-0.15, -0.1) is 0 Å². The van der Waals surface area contributed by atoms with E-state index in [9.17, 15) is 10.1 Å². The first-order valence-electron chi connectivity index (χ1n) is 4.54. The van der Waals surface area contributed by atoms with Gasteiger partial charge in [0.2, 0.25) is 0 Å². The molecule has 6 heteroatoms. The lowest BCUT2D eigenvalue weighted by Gasteiger charge is -2.04. The van der Waals surface area contributed by atoms with Crippen molar-refractivity contribution in [2.75, 3.05) is 5.32 Å². The monoisotopic (exact) mass is 216 g/mol. The number of hydrogen-bond acceptors (Lipinski definition) is 5. The summed E-state index contributed by atoms with van der Waals surface area (Å²) in [6.45, 7) is 0. The molecule has 0 fully saturated rings. The zero-order valence-corrected chi connectivity index (χ0v) is 8.20. The highest BCUT2D eigenvalue weighted by Crippen LogP contribution is 2.20. The standard InChI is InChI=1S/C10H8N4O2/c15-14(16)10-3-1-2-8(6-10)13-9-4-5-11-12-7-9/h1-7H,(H,11,13). The van der Waals surface area contributed by atoms with Gasteiger partial charge in [0.15, 0.2) is 0 Å². The van der Waals surface area contributed by atoms with Gasteiger partial charge in [0.05, 0.1) is 23.0 Å². The number of non-ortho nitro benzene ring substituents is 1. The van der Waals surface area contributed by atoms with Gasteiger partial charge in [-0.3, -0.25) is 10.1 Å². The Balaban J connectivity index is 2.22. The lowest BCUT2D eigenvalue weighted by Crippen LogP contribution is -1.93. The third kappa shape index (κ3) is 2.30. The van der Waals surface area contributed by atoms with Crippen molar-refractivity contribution in [1.82, 2.24) is 10.2 Å². The molecule has 0 bridgehead atoms. The van der Waals surface area contributed by atoms with Crippen LogP contribution in [0.2, 0.25) is 0 Å². The molecule has 0 aliphatic heterocycles. The normalized spacial score (nSPS) is 9.75. The second-order valence-electron chi connectivity index (χ2n) is 3.06. The molecule has 2 aromatic rings. The summed E-state index contributed by atoms with van der Waals surface area (Å²) in [6, 6.07) is 7.99. The maximum Gasteiger partial charge on any atom is 0.271 e. The molecule has 0 saturated carbocycles. The summed E-state index contributed by atoms with van der Waals surface area (Å²) >= 11 is 0. The predicted octanol–water partition coefficient (Wildman–Crippen LogP) is 2.13. The number of rotatable bonds is 3. The number of hydrogen-bond donors (Lipinski definition) is 1. The molecule has 0 unspecified atom stereocenters. The second-order valence-corrected chi connectivity index (χ2v) is 3.06. The number of nitrogens with zero attached hydrogens (tertiary/aromatic N) is 3. The van der Waals surface area contributed by atoms with Crippen LogP contribution in [0, 0.1) is 10.1 Å². The van der Waals surface area contributed by atoms with E-state index >= 15 is 0 Å². The van der Waals surface area contributed by atoms with E-state index in [1.165, 1.54) is 12.1 Å². The SMILES string of the molecule is O=[N+]([O-])c1cccc(Nc2ccnnc2)c1. The van der Waals surface area contributed by atoms with Crippen molar-refractivity contribution in [3.05, 3.63) is 52.8 Å². The number of anilines is 2. The van der Waals surface area contributed by atoms with Crippen molar-refractivity contribution in [2.24, 2.45) is 0 Å². The molecular formula is C10H8N4O2. The molecule has 0 atom stereocenters. The van der Waals surface area contributed by atoms with Crippen molar-refractivity contribution in [1.29, 1.82) is 0 Å². The van der Waals surface area contributed by atoms with Gasteiger partial charge in [-0.1, -0.05) is 6.07 Å². The van der Waals surface area contributed by atoms with E-state index in [1.54, 1.807) is 30.6 Å². The van der Waals surface area contributed by atoms with Gasteiger partial charge < -0.3 is 5.32 Å². The first-order chi connectivity index (χ1) is 7.75. The minimum absolute atomic E-state index is 0.0482. The molecule has 0 amide bonds. The van der Waals surface area contributed by atoms with Crippen LogP contribution < -0.4 is 5.32 Å². The Labute approximate surface area is 91.1 Å². The zero-order chi connectivity index (χ0) is 11.4. The highest BCUT2D eigenvalue weighted by atomic mass is 16.6. The molecule has 0 saturated heterocycles. The fourth-order valence-electron chi connectivity index (χ4n) is 1.23. The van der Waals surface area contributed by atoms with Gasteiger partial charge in [0.25, 0.3) is 5.69 Å². The highest BCUT2D eigenvalue weighted by molar-refractivity contribution is 5.61. The Bertz CT molecular complexity index is 501. The van der Waals surface area contributed by atoms with Gasteiger partial charge in [-0.2, -0.15) is 10.2 Å². The van der Waals surface area contributed by atoms with Crippen molar-refractivity contribution in [3.63, 3.8) is 0 Å². The van der Waals surface area contributed by atoms with Crippen LogP contribution in [-0.4, -0.2) is 15.1 Å². The Morgan fingerprint density at radius 1 is 1.19 bits per heavy atom. The fraction of sp³-hybridized carbons (Fsp3) is 0. The van der Waals surface area contributed by atoms with E-state index in [4.69, 9.17) is 0 Å². The van der Waals surface area contributed by atoms with Gasteiger partial charge >= 0.3 is 0 Å². The molecule has 1 heterocycles. The summed E-state index contributed by atoms with van der Waals surface area (Å²) in [5.74, 6) is 0. The van der Waals surface area contributed by atoms with Crippen molar-refractivity contribution < 1.29 is 4.92 Å². The number of nitro groups is 1. The number of benzene rings is 1. The molecular weight excluding hydrogens is 208 g/mol. The number of nitro benzene ring substituents is 1. The molecule has 1 aromatic carbocycles. The van der Waals surface area contributed by atoms with E-state index < -0.39 is 4.92 Å². The van der Waals surface area contributed by atoms with Gasteiger partial charge in [-0.25, -0.2) is 0 Å². The first kappa shape index (κ1) is 10.0. The van der Waals surface area contributed by atoms with E-state index in [1.807, 2.05) is 0 Å². The largest absolute Gasteiger partial charge is 0.354 e. The third-order valence-corrected chi connectivity index (χ3v) is 1.93. The summed E-state index contributed by atoms with van der Waals surface area (Å²) in [6.07, 6.45) is 3.08. The van der Waals surface area contributed by atoms with Crippen LogP contribution in [0.5, 0.6) is 0 Å². The van der Waals surface area contributed by atoms with Crippen molar-refractivity contribution >= 4 is 17.1 Å². The Morgan fingerprint density at radius 3 is 2.75 bits per heavy atom. The highest BCUT2D eigenvalue weighted by Gasteiger charge is 2.05. The Kier molecular flexibility index (Phi) is 2.73. The average Bonchev–Trinajstić information content (AvgIpc) is 2.30. The van der Waals surface area contributed by atoms with Gasteiger partial charge in [0.1, 0.15) is 0 Å². The van der Waals surface area contributed by atoms with Crippen molar-refractivity contribution in [3.8, 4) is 0 Å². The second kappa shape index (κ2) is 4.35. The summed E-state index contributed by atoms with van der Waals surface area (Å²) in [5.41, 5.74) is 1.42. The maximum absolute atomic E-state index is 10.6. The van der Waals surface area contributed by atoms with Gasteiger partial charge in [0, 0.05) is 17.8 Å². The summed E-state index contributed by atoms with van der Waals surface area (Å²) < 4.78 is 0. The van der Waals surface area contributed by atoms with Crippen LogP contribution in [0.1, 0.15) is 0 Å². The van der Waals surface area contributed by atoms with E-state index in [-0.39, 0.29) is 5.69 Å². The first-order valence-corrected chi connectivity index (χ1v) is 4.54. The molecule has 80 valence electrons. The lowest BCUT2D eigenvalue weighted by molar-refractivity contribution is -0.384. The lowest BCUT2D eigenvalue weighted by atomic mass is 10.3. The zero-order valence-electron chi connectivity index (χ0n) is 8.20. The fourth-order valence-corrected chi connectivity index (χ4v) is 1.23. The predicted molar refractivity (Wildman–Crippen MR) is 58.4 cm³/mol. The quantitative estimate of drug-likeness (QED) is 0.627. The molecule has 0 aliphatic carbocycles. The van der Waals surface area contributed by atoms with E-state index in [2.05, 4.69) is 15.5 Å². The molecule has 16 heavy (non-hydrogen) atoms. The van der Waals surface area contributed by atoms with Crippen LogP contribution in [-0.2, 0) is 0 Å². The van der Waals surface area contributed by atoms with E-state index in [0.29, 0.717) is 5.69 Å². The molecule has 2 rings (SSSR count). The molecule has 1 aromatic heterocycles. The molecule has 0 radical (unpaired) electrons. The molecule has 0 aliphatic rings. The topological polar surface area (TPSA) is 81.0 Å². The number of nitrogens with one attached hydrogen (secondary N) is 1.